The number of benzene rings is 1. The lowest BCUT2D eigenvalue weighted by atomic mass is 9.79. The van der Waals surface area contributed by atoms with Crippen LogP contribution in [0.5, 0.6) is 0 Å². The molecular formula is C25H34FN5O3S. The minimum absolute atomic E-state index is 0.0554. The van der Waals surface area contributed by atoms with Gasteiger partial charge in [0.1, 0.15) is 5.82 Å². The van der Waals surface area contributed by atoms with Crippen LogP contribution in [0.1, 0.15) is 56.4 Å². The number of hydrogen-bond acceptors (Lipinski definition) is 6. The Hall–Kier alpha value is -2.14. The number of anilines is 1. The topological polar surface area (TPSA) is 96.5 Å². The Morgan fingerprint density at radius 3 is 2.57 bits per heavy atom. The molecule has 1 aromatic heterocycles. The molecule has 3 aliphatic rings. The molecule has 0 bridgehead atoms. The molecule has 0 unspecified atom stereocenters. The Morgan fingerprint density at radius 1 is 1.03 bits per heavy atom. The van der Waals surface area contributed by atoms with Gasteiger partial charge >= 0.3 is 0 Å². The second kappa shape index (κ2) is 10.9. The van der Waals surface area contributed by atoms with Crippen LogP contribution in [0, 0.1) is 11.7 Å². The molecule has 1 aliphatic heterocycles. The van der Waals surface area contributed by atoms with Crippen molar-refractivity contribution >= 4 is 16.0 Å². The number of halogens is 1. The second-order valence-electron chi connectivity index (χ2n) is 10.1. The van der Waals surface area contributed by atoms with Crippen LogP contribution < -0.4 is 14.3 Å². The van der Waals surface area contributed by atoms with Gasteiger partial charge < -0.3 is 9.64 Å². The molecule has 2 aromatic rings. The van der Waals surface area contributed by atoms with Gasteiger partial charge in [0.05, 0.1) is 12.1 Å². The van der Waals surface area contributed by atoms with Crippen molar-refractivity contribution in [1.29, 1.82) is 0 Å². The number of ether oxygens (including phenoxy) is 1. The van der Waals surface area contributed by atoms with E-state index in [0.717, 1.165) is 49.9 Å². The molecule has 35 heavy (non-hydrogen) atoms. The van der Waals surface area contributed by atoms with Gasteiger partial charge in [-0.05, 0) is 86.6 Å². The van der Waals surface area contributed by atoms with E-state index in [4.69, 9.17) is 4.74 Å². The second-order valence-corrected chi connectivity index (χ2v) is 11.6. The van der Waals surface area contributed by atoms with E-state index in [1.54, 1.807) is 18.3 Å². The molecule has 2 heterocycles. The summed E-state index contributed by atoms with van der Waals surface area (Å²) in [5.74, 6) is 1.39. The molecule has 2 aliphatic carbocycles. The van der Waals surface area contributed by atoms with Gasteiger partial charge in [-0.2, -0.15) is 23.0 Å². The van der Waals surface area contributed by atoms with E-state index in [-0.39, 0.29) is 24.0 Å². The van der Waals surface area contributed by atoms with E-state index in [1.165, 1.54) is 6.07 Å². The van der Waals surface area contributed by atoms with E-state index < -0.39 is 10.2 Å². The first-order valence-corrected chi connectivity index (χ1v) is 14.1. The highest BCUT2D eigenvalue weighted by molar-refractivity contribution is 7.87. The first-order valence-electron chi connectivity index (χ1n) is 12.6. The van der Waals surface area contributed by atoms with E-state index >= 15 is 0 Å². The van der Waals surface area contributed by atoms with E-state index in [2.05, 4.69) is 24.5 Å². The summed E-state index contributed by atoms with van der Waals surface area (Å²) in [6.07, 6.45) is 7.81. The summed E-state index contributed by atoms with van der Waals surface area (Å²) >= 11 is 0. The molecule has 0 amide bonds. The van der Waals surface area contributed by atoms with Gasteiger partial charge in [0.15, 0.2) is 5.82 Å². The summed E-state index contributed by atoms with van der Waals surface area (Å²) in [5.41, 5.74) is 1.08. The standard InChI is InChI=1S/C25H34FN5O3S/c26-21-4-1-3-20(15-21)19-8-6-18(7-9-19)17-34-24-16-31(25-5-2-13-27-28-25)14-12-23(24)30-35(32,33)29-22-10-11-22/h1-5,13,15,18-19,22-24,29-30H,6-12,14,16-17H2/t18?,19?,23-,24+/m0/s1. The molecule has 0 spiro atoms. The van der Waals surface area contributed by atoms with Crippen LogP contribution in [-0.2, 0) is 14.9 Å². The number of piperidine rings is 1. The Morgan fingerprint density at radius 2 is 1.86 bits per heavy atom. The van der Waals surface area contributed by atoms with Crippen molar-refractivity contribution in [3.05, 3.63) is 54.0 Å². The summed E-state index contributed by atoms with van der Waals surface area (Å²) in [5, 5.41) is 8.20. The third-order valence-corrected chi connectivity index (χ3v) is 8.62. The van der Waals surface area contributed by atoms with Crippen LogP contribution in [-0.4, -0.2) is 56.5 Å². The molecule has 2 atom stereocenters. The molecule has 10 heteroatoms. The Bertz CT molecular complexity index is 1080. The number of rotatable bonds is 9. The lowest BCUT2D eigenvalue weighted by Gasteiger charge is -2.39. The van der Waals surface area contributed by atoms with Gasteiger partial charge in [-0.25, -0.2) is 4.39 Å². The van der Waals surface area contributed by atoms with Crippen LogP contribution in [0.2, 0.25) is 0 Å². The zero-order valence-corrected chi connectivity index (χ0v) is 20.7. The summed E-state index contributed by atoms with van der Waals surface area (Å²) in [6.45, 7) is 1.81. The molecule has 3 fully saturated rings. The smallest absolute Gasteiger partial charge is 0.277 e. The fourth-order valence-corrected chi connectivity index (χ4v) is 6.64. The van der Waals surface area contributed by atoms with Crippen molar-refractivity contribution in [2.45, 2.75) is 69.1 Å². The average molecular weight is 504 g/mol. The van der Waals surface area contributed by atoms with Crippen LogP contribution in [0.15, 0.2) is 42.6 Å². The van der Waals surface area contributed by atoms with Crippen molar-refractivity contribution in [3.63, 3.8) is 0 Å². The van der Waals surface area contributed by atoms with Crippen LogP contribution in [0.4, 0.5) is 10.2 Å². The first kappa shape index (κ1) is 24.5. The van der Waals surface area contributed by atoms with Gasteiger partial charge in [0.2, 0.25) is 0 Å². The van der Waals surface area contributed by atoms with Crippen molar-refractivity contribution in [2.24, 2.45) is 5.92 Å². The minimum atomic E-state index is -3.57. The fourth-order valence-electron chi connectivity index (χ4n) is 5.23. The number of aromatic nitrogens is 2. The highest BCUT2D eigenvalue weighted by Gasteiger charge is 2.36. The van der Waals surface area contributed by atoms with Crippen molar-refractivity contribution in [2.75, 3.05) is 24.6 Å². The monoisotopic (exact) mass is 503 g/mol. The summed E-state index contributed by atoms with van der Waals surface area (Å²) in [4.78, 5) is 2.11. The molecule has 8 nitrogen and oxygen atoms in total. The van der Waals surface area contributed by atoms with Gasteiger partial charge in [0.25, 0.3) is 10.2 Å². The molecule has 2 N–H and O–H groups in total. The highest BCUT2D eigenvalue weighted by Crippen LogP contribution is 2.36. The van der Waals surface area contributed by atoms with Crippen LogP contribution >= 0.6 is 0 Å². The fraction of sp³-hybridized carbons (Fsp3) is 0.600. The SMILES string of the molecule is O=S(=O)(NC1CC1)N[C@H]1CCN(c2cccnn2)C[C@H]1OCC1CCC(c2cccc(F)c2)CC1. The van der Waals surface area contributed by atoms with Gasteiger partial charge in [0, 0.05) is 31.9 Å². The van der Waals surface area contributed by atoms with Crippen LogP contribution in [0.25, 0.3) is 0 Å². The van der Waals surface area contributed by atoms with Gasteiger partial charge in [-0.3, -0.25) is 0 Å². The van der Waals surface area contributed by atoms with E-state index in [0.29, 0.717) is 38.0 Å². The van der Waals surface area contributed by atoms with Crippen LogP contribution in [0.3, 0.4) is 0 Å². The minimum Gasteiger partial charge on any atom is -0.374 e. The summed E-state index contributed by atoms with van der Waals surface area (Å²) in [7, 11) is -3.57. The number of nitrogens with one attached hydrogen (secondary N) is 2. The van der Waals surface area contributed by atoms with E-state index in [1.807, 2.05) is 18.2 Å². The van der Waals surface area contributed by atoms with Gasteiger partial charge in [-0.1, -0.05) is 12.1 Å². The third-order valence-electron chi connectivity index (χ3n) is 7.36. The molecule has 1 aromatic carbocycles. The molecule has 2 saturated carbocycles. The maximum atomic E-state index is 13.6. The lowest BCUT2D eigenvalue weighted by molar-refractivity contribution is -0.00141. The zero-order valence-electron chi connectivity index (χ0n) is 19.9. The normalized spacial score (nSPS) is 27.6. The lowest BCUT2D eigenvalue weighted by Crippen LogP contribution is -2.57. The number of hydrogen-bond donors (Lipinski definition) is 2. The molecule has 1 saturated heterocycles. The van der Waals surface area contributed by atoms with Crippen molar-refractivity contribution < 1.29 is 17.5 Å². The quantitative estimate of drug-likeness (QED) is 0.546. The molecule has 5 rings (SSSR count). The zero-order chi connectivity index (χ0) is 24.3. The summed E-state index contributed by atoms with van der Waals surface area (Å²) in [6, 6.07) is 10.5. The van der Waals surface area contributed by atoms with Crippen molar-refractivity contribution in [1.82, 2.24) is 19.6 Å². The highest BCUT2D eigenvalue weighted by atomic mass is 32.2. The maximum absolute atomic E-state index is 13.6. The van der Waals surface area contributed by atoms with E-state index in [9.17, 15) is 12.8 Å². The largest absolute Gasteiger partial charge is 0.374 e. The number of nitrogens with zero attached hydrogens (tertiary/aromatic N) is 3. The summed E-state index contributed by atoms with van der Waals surface area (Å²) < 4.78 is 50.8. The Balaban J connectivity index is 1.19. The maximum Gasteiger partial charge on any atom is 0.277 e. The Labute approximate surface area is 206 Å². The molecule has 0 radical (unpaired) electrons. The Kier molecular flexibility index (Phi) is 7.62. The third kappa shape index (κ3) is 6.75. The molecular weight excluding hydrogens is 469 g/mol. The van der Waals surface area contributed by atoms with Gasteiger partial charge in [-0.15, -0.1) is 5.10 Å². The predicted octanol–water partition coefficient (Wildman–Crippen LogP) is 3.14. The average Bonchev–Trinajstić information content (AvgIpc) is 3.67. The van der Waals surface area contributed by atoms with Crippen molar-refractivity contribution in [3.8, 4) is 0 Å². The first-order chi connectivity index (χ1) is 16.9. The molecule has 190 valence electrons. The predicted molar refractivity (Wildman–Crippen MR) is 132 cm³/mol.